The highest BCUT2D eigenvalue weighted by atomic mass is 32.2. The molecule has 0 bridgehead atoms. The Bertz CT molecular complexity index is 655. The molecular weight excluding hydrogens is 298 g/mol. The molecule has 3 N–H and O–H groups in total. The zero-order chi connectivity index (χ0) is 16.2. The highest BCUT2D eigenvalue weighted by Crippen LogP contribution is 2.20. The Morgan fingerprint density at radius 2 is 2.00 bits per heavy atom. The van der Waals surface area contributed by atoms with E-state index in [0.717, 1.165) is 24.6 Å². The summed E-state index contributed by atoms with van der Waals surface area (Å²) < 4.78 is 22.6. The highest BCUT2D eigenvalue weighted by Gasteiger charge is 2.19. The first-order valence-corrected chi connectivity index (χ1v) is 7.76. The number of benzene rings is 1. The lowest BCUT2D eigenvalue weighted by molar-refractivity contribution is -0.385. The van der Waals surface area contributed by atoms with E-state index < -0.39 is 31.4 Å². The van der Waals surface area contributed by atoms with Crippen LogP contribution in [0.25, 0.3) is 0 Å². The van der Waals surface area contributed by atoms with Crippen molar-refractivity contribution in [3.8, 4) is 0 Å². The van der Waals surface area contributed by atoms with Crippen LogP contribution in [0, 0.1) is 16.0 Å². The Morgan fingerprint density at radius 3 is 2.48 bits per heavy atom. The van der Waals surface area contributed by atoms with Gasteiger partial charge in [-0.3, -0.25) is 14.9 Å². The highest BCUT2D eigenvalue weighted by molar-refractivity contribution is 7.89. The molecule has 1 aromatic carbocycles. The smallest absolute Gasteiger partial charge is 0.271 e. The van der Waals surface area contributed by atoms with Gasteiger partial charge in [-0.1, -0.05) is 13.8 Å². The molecule has 0 spiro atoms. The van der Waals surface area contributed by atoms with E-state index in [-0.39, 0.29) is 5.56 Å². The topological polar surface area (TPSA) is 132 Å². The zero-order valence-corrected chi connectivity index (χ0v) is 12.5. The molecule has 1 rings (SSSR count). The Morgan fingerprint density at radius 1 is 1.38 bits per heavy atom. The van der Waals surface area contributed by atoms with Crippen LogP contribution in [0.15, 0.2) is 23.1 Å². The molecule has 9 heteroatoms. The first kappa shape index (κ1) is 17.1. The summed E-state index contributed by atoms with van der Waals surface area (Å²) in [5.41, 5.74) is -0.618. The summed E-state index contributed by atoms with van der Waals surface area (Å²) in [5.74, 6) is -0.195. The van der Waals surface area contributed by atoms with Gasteiger partial charge in [-0.15, -0.1) is 0 Å². The molecule has 0 fully saturated rings. The summed E-state index contributed by atoms with van der Waals surface area (Å²) >= 11 is 0. The van der Waals surface area contributed by atoms with Crippen LogP contribution in [0.4, 0.5) is 5.69 Å². The second kappa shape index (κ2) is 6.64. The largest absolute Gasteiger partial charge is 0.352 e. The van der Waals surface area contributed by atoms with Crippen molar-refractivity contribution >= 4 is 21.6 Å². The molecule has 0 unspecified atom stereocenters. The van der Waals surface area contributed by atoms with Gasteiger partial charge < -0.3 is 5.32 Å². The normalized spacial score (nSPS) is 11.4. The third-order valence-corrected chi connectivity index (χ3v) is 3.59. The van der Waals surface area contributed by atoms with Crippen molar-refractivity contribution in [2.24, 2.45) is 11.1 Å². The van der Waals surface area contributed by atoms with E-state index >= 15 is 0 Å². The predicted octanol–water partition coefficient (Wildman–Crippen LogP) is 1.02. The summed E-state index contributed by atoms with van der Waals surface area (Å²) in [7, 11) is -4.13. The number of nitrogens with two attached hydrogens (primary N) is 1. The molecule has 1 aromatic rings. The number of non-ortho nitro benzene ring substituents is 1. The molecule has 0 saturated heterocycles. The second-order valence-electron chi connectivity index (χ2n) is 4.96. The number of nitro benzene ring substituents is 1. The molecule has 0 atom stereocenters. The van der Waals surface area contributed by atoms with Gasteiger partial charge in [0.1, 0.15) is 0 Å². The van der Waals surface area contributed by atoms with Crippen molar-refractivity contribution in [1.82, 2.24) is 5.32 Å². The lowest BCUT2D eigenvalue weighted by Crippen LogP contribution is -2.26. The first-order chi connectivity index (χ1) is 9.61. The van der Waals surface area contributed by atoms with E-state index in [2.05, 4.69) is 5.32 Å². The number of nitrogens with one attached hydrogen (secondary N) is 1. The van der Waals surface area contributed by atoms with Gasteiger partial charge >= 0.3 is 0 Å². The summed E-state index contributed by atoms with van der Waals surface area (Å²) in [5, 5.41) is 18.3. The number of nitrogens with zero attached hydrogens (tertiary/aromatic N) is 1. The summed E-state index contributed by atoms with van der Waals surface area (Å²) in [6.45, 7) is 4.36. The minimum Gasteiger partial charge on any atom is -0.352 e. The Kier molecular flexibility index (Phi) is 5.39. The third-order valence-electron chi connectivity index (χ3n) is 2.70. The number of nitro groups is 1. The van der Waals surface area contributed by atoms with Crippen molar-refractivity contribution in [2.75, 3.05) is 6.54 Å². The molecule has 0 aliphatic rings. The number of amides is 1. The zero-order valence-electron chi connectivity index (χ0n) is 11.7. The fourth-order valence-electron chi connectivity index (χ4n) is 1.56. The third kappa shape index (κ3) is 5.12. The van der Waals surface area contributed by atoms with E-state index in [1.807, 2.05) is 13.8 Å². The van der Waals surface area contributed by atoms with E-state index in [4.69, 9.17) is 5.14 Å². The monoisotopic (exact) mass is 315 g/mol. The van der Waals surface area contributed by atoms with Crippen molar-refractivity contribution in [2.45, 2.75) is 25.2 Å². The number of carbonyl (C=O) groups excluding carboxylic acids is 1. The number of hydrogen-bond donors (Lipinski definition) is 2. The molecule has 8 nitrogen and oxygen atoms in total. The summed E-state index contributed by atoms with van der Waals surface area (Å²) in [6, 6.07) is 2.85. The Balaban J connectivity index is 3.09. The van der Waals surface area contributed by atoms with Gasteiger partial charge in [0.15, 0.2) is 0 Å². The summed E-state index contributed by atoms with van der Waals surface area (Å²) in [4.78, 5) is 21.5. The van der Waals surface area contributed by atoms with Gasteiger partial charge in [-0.05, 0) is 18.4 Å². The molecule has 0 saturated carbocycles. The average Bonchev–Trinajstić information content (AvgIpc) is 2.36. The van der Waals surface area contributed by atoms with Crippen molar-refractivity contribution in [3.05, 3.63) is 33.9 Å². The minimum atomic E-state index is -4.13. The Hall–Kier alpha value is -2.00. The predicted molar refractivity (Wildman–Crippen MR) is 76.3 cm³/mol. The lowest BCUT2D eigenvalue weighted by Gasteiger charge is -2.08. The van der Waals surface area contributed by atoms with Crippen LogP contribution in [-0.4, -0.2) is 25.8 Å². The van der Waals surface area contributed by atoms with E-state index in [0.29, 0.717) is 12.5 Å². The van der Waals surface area contributed by atoms with E-state index in [1.54, 1.807) is 0 Å². The fourth-order valence-corrected chi connectivity index (χ4v) is 2.14. The molecule has 21 heavy (non-hydrogen) atoms. The van der Waals surface area contributed by atoms with Crippen LogP contribution < -0.4 is 10.5 Å². The lowest BCUT2D eigenvalue weighted by atomic mass is 10.1. The molecule has 1 amide bonds. The molecule has 0 heterocycles. The average molecular weight is 315 g/mol. The van der Waals surface area contributed by atoms with Crippen molar-refractivity contribution < 1.29 is 18.1 Å². The number of sulfonamides is 1. The molecule has 0 aromatic heterocycles. The van der Waals surface area contributed by atoms with Crippen LogP contribution in [-0.2, 0) is 10.0 Å². The SMILES string of the molecule is CC(C)CCNC(=O)c1cc([N+](=O)[O-])cc(S(N)(=O)=O)c1. The van der Waals surface area contributed by atoms with Gasteiger partial charge in [0, 0.05) is 24.2 Å². The van der Waals surface area contributed by atoms with E-state index in [1.165, 1.54) is 0 Å². The maximum absolute atomic E-state index is 11.9. The quantitative estimate of drug-likeness (QED) is 0.597. The minimum absolute atomic E-state index is 0.114. The van der Waals surface area contributed by atoms with Crippen LogP contribution >= 0.6 is 0 Å². The van der Waals surface area contributed by atoms with Gasteiger partial charge in [0.25, 0.3) is 11.6 Å². The first-order valence-electron chi connectivity index (χ1n) is 6.21. The number of hydrogen-bond acceptors (Lipinski definition) is 5. The molecule has 0 radical (unpaired) electrons. The number of primary sulfonamides is 1. The molecular formula is C12H17N3O5S. The van der Waals surface area contributed by atoms with Crippen molar-refractivity contribution in [3.63, 3.8) is 0 Å². The standard InChI is InChI=1S/C12H17N3O5S/c1-8(2)3-4-14-12(16)9-5-10(15(17)18)7-11(6-9)21(13,19)20/h5-8H,3-4H2,1-2H3,(H,14,16)(H2,13,19,20). The molecule has 0 aliphatic heterocycles. The van der Waals surface area contributed by atoms with Gasteiger partial charge in [-0.2, -0.15) is 0 Å². The molecule has 116 valence electrons. The van der Waals surface area contributed by atoms with Gasteiger partial charge in [0.2, 0.25) is 10.0 Å². The number of carbonyl (C=O) groups is 1. The van der Waals surface area contributed by atoms with Gasteiger partial charge in [-0.25, -0.2) is 13.6 Å². The van der Waals surface area contributed by atoms with Crippen molar-refractivity contribution in [1.29, 1.82) is 0 Å². The van der Waals surface area contributed by atoms with Crippen LogP contribution in [0.1, 0.15) is 30.6 Å². The maximum Gasteiger partial charge on any atom is 0.271 e. The van der Waals surface area contributed by atoms with Gasteiger partial charge in [0.05, 0.1) is 9.82 Å². The van der Waals surface area contributed by atoms with Crippen LogP contribution in [0.3, 0.4) is 0 Å². The maximum atomic E-state index is 11.9. The van der Waals surface area contributed by atoms with Crippen LogP contribution in [0.5, 0.6) is 0 Å². The van der Waals surface area contributed by atoms with E-state index in [9.17, 15) is 23.3 Å². The fraction of sp³-hybridized carbons (Fsp3) is 0.417. The molecule has 0 aliphatic carbocycles. The van der Waals surface area contributed by atoms with Crippen LogP contribution in [0.2, 0.25) is 0 Å². The Labute approximate surface area is 122 Å². The number of rotatable bonds is 6. The second-order valence-corrected chi connectivity index (χ2v) is 6.52. The summed E-state index contributed by atoms with van der Waals surface area (Å²) in [6.07, 6.45) is 0.739.